The molecule has 0 fully saturated rings. The minimum absolute atomic E-state index is 0.0733. The van der Waals surface area contributed by atoms with E-state index in [2.05, 4.69) is 4.72 Å². The van der Waals surface area contributed by atoms with E-state index in [1.54, 1.807) is 11.3 Å². The van der Waals surface area contributed by atoms with Gasteiger partial charge in [-0.15, -0.1) is 11.3 Å². The highest BCUT2D eigenvalue weighted by Gasteiger charge is 2.26. The number of hydrogen-bond donors (Lipinski definition) is 1. The van der Waals surface area contributed by atoms with Gasteiger partial charge in [0.15, 0.2) is 0 Å². The molecule has 1 aromatic carbocycles. The van der Waals surface area contributed by atoms with Gasteiger partial charge in [0.2, 0.25) is 10.0 Å². The van der Waals surface area contributed by atoms with Crippen LogP contribution in [-0.4, -0.2) is 8.42 Å². The zero-order valence-electron chi connectivity index (χ0n) is 13.1. The molecular formula is C16H20FNO2S2. The molecule has 1 aromatic heterocycles. The van der Waals surface area contributed by atoms with Crippen LogP contribution in [0.4, 0.5) is 4.39 Å². The Morgan fingerprint density at radius 2 is 1.73 bits per heavy atom. The Morgan fingerprint density at radius 1 is 1.14 bits per heavy atom. The van der Waals surface area contributed by atoms with Crippen LogP contribution in [0.2, 0.25) is 0 Å². The van der Waals surface area contributed by atoms with Crippen LogP contribution in [0.3, 0.4) is 0 Å². The lowest BCUT2D eigenvalue weighted by atomic mass is 9.97. The number of sulfonamides is 1. The van der Waals surface area contributed by atoms with E-state index in [1.165, 1.54) is 12.1 Å². The van der Waals surface area contributed by atoms with E-state index in [-0.39, 0.29) is 16.9 Å². The molecule has 0 radical (unpaired) electrons. The van der Waals surface area contributed by atoms with Crippen molar-refractivity contribution in [3.8, 4) is 0 Å². The average Bonchev–Trinajstić information content (AvgIpc) is 2.75. The van der Waals surface area contributed by atoms with Crippen molar-refractivity contribution in [1.29, 1.82) is 0 Å². The molecule has 1 N–H and O–H groups in total. The van der Waals surface area contributed by atoms with Crippen molar-refractivity contribution in [2.24, 2.45) is 5.92 Å². The standard InChI is InChI=1S/C16H20FNO2S2/c1-10(2)16(15-9-11(3)21-12(15)4)18-22(19,20)14-7-5-13(17)6-8-14/h5-10,16,18H,1-4H3. The minimum Gasteiger partial charge on any atom is -0.207 e. The molecular weight excluding hydrogens is 321 g/mol. The number of hydrogen-bond acceptors (Lipinski definition) is 3. The quantitative estimate of drug-likeness (QED) is 0.887. The fourth-order valence-electron chi connectivity index (χ4n) is 2.37. The van der Waals surface area contributed by atoms with Gasteiger partial charge in [0.05, 0.1) is 10.9 Å². The molecule has 22 heavy (non-hydrogen) atoms. The number of halogens is 1. The maximum atomic E-state index is 13.0. The van der Waals surface area contributed by atoms with Crippen LogP contribution in [0, 0.1) is 25.6 Å². The minimum atomic E-state index is -3.69. The van der Waals surface area contributed by atoms with Crippen molar-refractivity contribution >= 4 is 21.4 Å². The molecule has 2 rings (SSSR count). The molecule has 0 amide bonds. The summed E-state index contributed by atoms with van der Waals surface area (Å²) in [6.45, 7) is 7.95. The van der Waals surface area contributed by atoms with E-state index in [0.717, 1.165) is 27.5 Å². The van der Waals surface area contributed by atoms with Crippen LogP contribution >= 0.6 is 11.3 Å². The molecule has 120 valence electrons. The monoisotopic (exact) mass is 341 g/mol. The molecule has 0 spiro atoms. The summed E-state index contributed by atoms with van der Waals surface area (Å²) in [5.41, 5.74) is 1.00. The summed E-state index contributed by atoms with van der Waals surface area (Å²) in [6.07, 6.45) is 0. The second-order valence-corrected chi connectivity index (χ2v) is 8.84. The summed E-state index contributed by atoms with van der Waals surface area (Å²) in [4.78, 5) is 2.33. The molecule has 6 heteroatoms. The Kier molecular flexibility index (Phi) is 5.04. The van der Waals surface area contributed by atoms with Crippen molar-refractivity contribution in [1.82, 2.24) is 4.72 Å². The second-order valence-electron chi connectivity index (χ2n) is 5.67. The summed E-state index contributed by atoms with van der Waals surface area (Å²) >= 11 is 1.65. The van der Waals surface area contributed by atoms with Crippen molar-refractivity contribution in [3.05, 3.63) is 51.5 Å². The molecule has 0 aliphatic rings. The van der Waals surface area contributed by atoms with Crippen molar-refractivity contribution in [2.45, 2.75) is 38.6 Å². The SMILES string of the molecule is Cc1cc(C(NS(=O)(=O)c2ccc(F)cc2)C(C)C)c(C)s1. The van der Waals surface area contributed by atoms with Gasteiger partial charge in [-0.2, -0.15) is 0 Å². The van der Waals surface area contributed by atoms with E-state index in [9.17, 15) is 12.8 Å². The van der Waals surface area contributed by atoms with Crippen molar-refractivity contribution in [3.63, 3.8) is 0 Å². The van der Waals surface area contributed by atoms with Crippen LogP contribution in [0.25, 0.3) is 0 Å². The first-order valence-corrected chi connectivity index (χ1v) is 9.35. The normalized spacial score (nSPS) is 13.5. The molecule has 1 heterocycles. The van der Waals surface area contributed by atoms with E-state index >= 15 is 0 Å². The Morgan fingerprint density at radius 3 is 2.18 bits per heavy atom. The van der Waals surface area contributed by atoms with Crippen LogP contribution in [0.1, 0.15) is 35.2 Å². The Hall–Kier alpha value is -1.24. The topological polar surface area (TPSA) is 46.2 Å². The fraction of sp³-hybridized carbons (Fsp3) is 0.375. The number of aryl methyl sites for hydroxylation is 2. The molecule has 0 bridgehead atoms. The molecule has 3 nitrogen and oxygen atoms in total. The zero-order valence-corrected chi connectivity index (χ0v) is 14.7. The molecule has 0 saturated carbocycles. The molecule has 2 aromatic rings. The first-order valence-electron chi connectivity index (χ1n) is 7.05. The maximum absolute atomic E-state index is 13.0. The maximum Gasteiger partial charge on any atom is 0.241 e. The lowest BCUT2D eigenvalue weighted by Crippen LogP contribution is -2.32. The van der Waals surface area contributed by atoms with E-state index in [1.807, 2.05) is 33.8 Å². The van der Waals surface area contributed by atoms with Crippen molar-refractivity contribution in [2.75, 3.05) is 0 Å². The fourth-order valence-corrected chi connectivity index (χ4v) is 4.70. The molecule has 0 aliphatic heterocycles. The smallest absolute Gasteiger partial charge is 0.207 e. The van der Waals surface area contributed by atoms with E-state index in [4.69, 9.17) is 0 Å². The third-order valence-electron chi connectivity index (χ3n) is 3.49. The predicted octanol–water partition coefficient (Wildman–Crippen LogP) is 4.18. The highest BCUT2D eigenvalue weighted by molar-refractivity contribution is 7.89. The lowest BCUT2D eigenvalue weighted by molar-refractivity contribution is 0.462. The van der Waals surface area contributed by atoms with Crippen LogP contribution in [-0.2, 0) is 10.0 Å². The van der Waals surface area contributed by atoms with Gasteiger partial charge in [0, 0.05) is 9.75 Å². The predicted molar refractivity (Wildman–Crippen MR) is 88.1 cm³/mol. The van der Waals surface area contributed by atoms with Crippen molar-refractivity contribution < 1.29 is 12.8 Å². The van der Waals surface area contributed by atoms with E-state index < -0.39 is 15.8 Å². The van der Waals surface area contributed by atoms with Gasteiger partial charge in [0.1, 0.15) is 5.82 Å². The molecule has 0 aliphatic carbocycles. The Balaban J connectivity index is 2.35. The lowest BCUT2D eigenvalue weighted by Gasteiger charge is -2.22. The molecule has 0 saturated heterocycles. The van der Waals surface area contributed by atoms with Gasteiger partial charge in [-0.05, 0) is 55.7 Å². The number of nitrogens with one attached hydrogen (secondary N) is 1. The first kappa shape index (κ1) is 17.1. The van der Waals surface area contributed by atoms with Crippen LogP contribution < -0.4 is 4.72 Å². The van der Waals surface area contributed by atoms with Gasteiger partial charge < -0.3 is 0 Å². The number of thiophene rings is 1. The van der Waals surface area contributed by atoms with Crippen LogP contribution in [0.5, 0.6) is 0 Å². The number of rotatable bonds is 5. The largest absolute Gasteiger partial charge is 0.241 e. The highest BCUT2D eigenvalue weighted by atomic mass is 32.2. The Bertz CT molecular complexity index is 749. The van der Waals surface area contributed by atoms with Gasteiger partial charge >= 0.3 is 0 Å². The number of benzene rings is 1. The summed E-state index contributed by atoms with van der Waals surface area (Å²) in [7, 11) is -3.69. The summed E-state index contributed by atoms with van der Waals surface area (Å²) in [5, 5.41) is 0. The third-order valence-corrected chi connectivity index (χ3v) is 5.93. The second kappa shape index (κ2) is 6.48. The highest BCUT2D eigenvalue weighted by Crippen LogP contribution is 2.31. The summed E-state index contributed by atoms with van der Waals surface area (Å²) < 4.78 is 40.8. The van der Waals surface area contributed by atoms with Crippen LogP contribution in [0.15, 0.2) is 35.2 Å². The first-order chi connectivity index (χ1) is 10.2. The zero-order chi connectivity index (χ0) is 16.5. The van der Waals surface area contributed by atoms with E-state index in [0.29, 0.717) is 0 Å². The van der Waals surface area contributed by atoms with Gasteiger partial charge in [-0.1, -0.05) is 13.8 Å². The van der Waals surface area contributed by atoms with Gasteiger partial charge in [-0.3, -0.25) is 0 Å². The summed E-state index contributed by atoms with van der Waals surface area (Å²) in [6, 6.07) is 6.58. The Labute approximate surface area is 135 Å². The summed E-state index contributed by atoms with van der Waals surface area (Å²) in [5.74, 6) is -0.355. The van der Waals surface area contributed by atoms with Gasteiger partial charge in [0.25, 0.3) is 0 Å². The molecule has 1 atom stereocenters. The van der Waals surface area contributed by atoms with Gasteiger partial charge in [-0.25, -0.2) is 17.5 Å². The third kappa shape index (κ3) is 3.74. The molecule has 1 unspecified atom stereocenters. The average molecular weight is 341 g/mol.